The third kappa shape index (κ3) is 2.22. The van der Waals surface area contributed by atoms with Gasteiger partial charge in [0.15, 0.2) is 0 Å². The Labute approximate surface area is 99.1 Å². The van der Waals surface area contributed by atoms with Crippen molar-refractivity contribution in [3.63, 3.8) is 0 Å². The van der Waals surface area contributed by atoms with Crippen molar-refractivity contribution >= 4 is 0 Å². The first-order valence-electron chi connectivity index (χ1n) is 5.47. The second-order valence-electron chi connectivity index (χ2n) is 3.98. The van der Waals surface area contributed by atoms with Gasteiger partial charge in [-0.1, -0.05) is 5.16 Å². The van der Waals surface area contributed by atoms with E-state index in [9.17, 15) is 5.11 Å². The second kappa shape index (κ2) is 4.68. The van der Waals surface area contributed by atoms with Crippen LogP contribution in [0.4, 0.5) is 0 Å². The fourth-order valence-corrected chi connectivity index (χ4v) is 1.83. The first-order chi connectivity index (χ1) is 8.13. The minimum atomic E-state index is -0.646. The zero-order valence-electron chi connectivity index (χ0n) is 9.87. The highest BCUT2D eigenvalue weighted by Crippen LogP contribution is 2.21. The highest BCUT2D eigenvalue weighted by Gasteiger charge is 2.20. The van der Waals surface area contributed by atoms with Crippen LogP contribution in [0.1, 0.15) is 36.3 Å². The molecule has 2 aromatic heterocycles. The Kier molecular flexibility index (Phi) is 3.26. The number of nitrogens with two attached hydrogens (primary N) is 1. The summed E-state index contributed by atoms with van der Waals surface area (Å²) in [5, 5.41) is 13.6. The fourth-order valence-electron chi connectivity index (χ4n) is 1.83. The summed E-state index contributed by atoms with van der Waals surface area (Å²) < 4.78 is 6.87. The molecular formula is C11H16N4O2. The average Bonchev–Trinajstić information content (AvgIpc) is 2.89. The molecule has 0 aliphatic heterocycles. The summed E-state index contributed by atoms with van der Waals surface area (Å²) in [6.07, 6.45) is 2.77. The molecule has 92 valence electrons. The van der Waals surface area contributed by atoms with Crippen LogP contribution in [0.5, 0.6) is 0 Å². The number of nitrogens with zero attached hydrogens (tertiary/aromatic N) is 3. The van der Waals surface area contributed by atoms with Crippen LogP contribution in [-0.4, -0.2) is 26.4 Å². The van der Waals surface area contributed by atoms with Gasteiger partial charge in [0.2, 0.25) is 0 Å². The Morgan fingerprint density at radius 3 is 2.88 bits per heavy atom. The lowest BCUT2D eigenvalue weighted by Gasteiger charge is -2.17. The van der Waals surface area contributed by atoms with Gasteiger partial charge in [0.05, 0.1) is 6.04 Å². The fraction of sp³-hybridized carbons (Fsp3) is 0.455. The van der Waals surface area contributed by atoms with Gasteiger partial charge in [-0.15, -0.1) is 0 Å². The van der Waals surface area contributed by atoms with Crippen molar-refractivity contribution in [1.29, 1.82) is 0 Å². The lowest BCUT2D eigenvalue weighted by Crippen LogP contribution is -2.22. The molecule has 0 saturated carbocycles. The van der Waals surface area contributed by atoms with E-state index in [4.69, 9.17) is 10.3 Å². The van der Waals surface area contributed by atoms with E-state index in [0.29, 0.717) is 12.4 Å². The van der Waals surface area contributed by atoms with Crippen LogP contribution in [0.15, 0.2) is 23.0 Å². The molecule has 2 atom stereocenters. The molecule has 2 rings (SSSR count). The van der Waals surface area contributed by atoms with Crippen LogP contribution in [-0.2, 0) is 0 Å². The molecule has 2 aromatic rings. The monoisotopic (exact) mass is 236 g/mol. The summed E-state index contributed by atoms with van der Waals surface area (Å²) in [4.78, 5) is 4.12. The molecule has 1 unspecified atom stereocenters. The largest absolute Gasteiger partial charge is 0.385 e. The molecular weight excluding hydrogens is 220 g/mol. The summed E-state index contributed by atoms with van der Waals surface area (Å²) >= 11 is 0. The molecule has 0 bridgehead atoms. The van der Waals surface area contributed by atoms with Crippen LogP contribution in [0.2, 0.25) is 0 Å². The van der Waals surface area contributed by atoms with Crippen LogP contribution in [0.25, 0.3) is 0 Å². The van der Waals surface area contributed by atoms with E-state index < -0.39 is 6.10 Å². The zero-order valence-corrected chi connectivity index (χ0v) is 9.87. The van der Waals surface area contributed by atoms with Gasteiger partial charge in [-0.2, -0.15) is 0 Å². The first-order valence-corrected chi connectivity index (χ1v) is 5.47. The molecule has 0 saturated heterocycles. The summed E-state index contributed by atoms with van der Waals surface area (Å²) in [5.41, 5.74) is 6.50. The van der Waals surface area contributed by atoms with Crippen molar-refractivity contribution < 1.29 is 9.63 Å². The van der Waals surface area contributed by atoms with Crippen LogP contribution < -0.4 is 5.73 Å². The highest BCUT2D eigenvalue weighted by atomic mass is 16.5. The molecule has 0 amide bonds. The van der Waals surface area contributed by atoms with Gasteiger partial charge in [-0.05, 0) is 13.8 Å². The smallest absolute Gasteiger partial charge is 0.138 e. The maximum absolute atomic E-state index is 9.62. The van der Waals surface area contributed by atoms with E-state index >= 15 is 0 Å². The second-order valence-corrected chi connectivity index (χ2v) is 3.98. The van der Waals surface area contributed by atoms with E-state index in [2.05, 4.69) is 10.1 Å². The molecule has 0 aliphatic carbocycles. The van der Waals surface area contributed by atoms with Crippen molar-refractivity contribution in [2.24, 2.45) is 5.73 Å². The number of rotatable bonds is 4. The number of imidazole rings is 1. The van der Waals surface area contributed by atoms with Gasteiger partial charge >= 0.3 is 0 Å². The lowest BCUT2D eigenvalue weighted by molar-refractivity contribution is 0.182. The van der Waals surface area contributed by atoms with Crippen LogP contribution in [0, 0.1) is 6.92 Å². The quantitative estimate of drug-likeness (QED) is 0.818. The molecule has 0 radical (unpaired) electrons. The minimum absolute atomic E-state index is 0.167. The number of aryl methyl sites for hydroxylation is 1. The topological polar surface area (TPSA) is 90.1 Å². The van der Waals surface area contributed by atoms with Gasteiger partial charge < -0.3 is 19.9 Å². The molecule has 17 heavy (non-hydrogen) atoms. The van der Waals surface area contributed by atoms with Gasteiger partial charge in [-0.25, -0.2) is 4.98 Å². The molecule has 3 N–H and O–H groups in total. The highest BCUT2D eigenvalue weighted by molar-refractivity contribution is 5.13. The number of aliphatic hydroxyl groups excluding tert-OH is 1. The van der Waals surface area contributed by atoms with Crippen LogP contribution >= 0.6 is 0 Å². The Morgan fingerprint density at radius 1 is 1.59 bits per heavy atom. The lowest BCUT2D eigenvalue weighted by atomic mass is 10.2. The van der Waals surface area contributed by atoms with Crippen LogP contribution in [0.3, 0.4) is 0 Å². The SMILES string of the molecule is Cc1cc(C(CN)n2ccnc2[C@H](C)O)no1. The van der Waals surface area contributed by atoms with Crippen molar-refractivity contribution in [2.45, 2.75) is 26.0 Å². The number of aliphatic hydroxyl groups is 1. The van der Waals surface area contributed by atoms with Crippen molar-refractivity contribution in [1.82, 2.24) is 14.7 Å². The van der Waals surface area contributed by atoms with E-state index in [1.165, 1.54) is 0 Å². The standard InChI is InChI=1S/C11H16N4O2/c1-7-5-9(14-17-7)10(6-12)15-4-3-13-11(15)8(2)16/h3-5,8,10,16H,6,12H2,1-2H3/t8-,10?/m0/s1. The van der Waals surface area contributed by atoms with E-state index in [-0.39, 0.29) is 6.04 Å². The van der Waals surface area contributed by atoms with Crippen molar-refractivity contribution in [2.75, 3.05) is 6.54 Å². The molecule has 6 nitrogen and oxygen atoms in total. The normalized spacial score (nSPS) is 14.8. The number of hydrogen-bond acceptors (Lipinski definition) is 5. The Morgan fingerprint density at radius 2 is 2.35 bits per heavy atom. The summed E-state index contributed by atoms with van der Waals surface area (Å²) in [7, 11) is 0. The minimum Gasteiger partial charge on any atom is -0.385 e. The predicted molar refractivity (Wildman–Crippen MR) is 61.3 cm³/mol. The van der Waals surface area contributed by atoms with E-state index in [0.717, 1.165) is 11.5 Å². The number of hydrogen-bond donors (Lipinski definition) is 2. The van der Waals surface area contributed by atoms with Crippen molar-refractivity contribution in [3.05, 3.63) is 35.7 Å². The van der Waals surface area contributed by atoms with Gasteiger partial charge in [0.25, 0.3) is 0 Å². The number of aromatic nitrogens is 3. The van der Waals surface area contributed by atoms with Gasteiger partial charge in [0, 0.05) is 25.0 Å². The average molecular weight is 236 g/mol. The summed E-state index contributed by atoms with van der Waals surface area (Å²) in [6.45, 7) is 3.86. The Hall–Kier alpha value is -1.66. The molecule has 0 spiro atoms. The third-order valence-electron chi connectivity index (χ3n) is 2.62. The maximum Gasteiger partial charge on any atom is 0.138 e. The van der Waals surface area contributed by atoms with Crippen molar-refractivity contribution in [3.8, 4) is 0 Å². The molecule has 6 heteroatoms. The van der Waals surface area contributed by atoms with Gasteiger partial charge in [-0.3, -0.25) is 0 Å². The first kappa shape index (κ1) is 11.8. The summed E-state index contributed by atoms with van der Waals surface area (Å²) in [6, 6.07) is 1.67. The summed E-state index contributed by atoms with van der Waals surface area (Å²) in [5.74, 6) is 1.30. The zero-order chi connectivity index (χ0) is 12.4. The molecule has 0 fully saturated rings. The Balaban J connectivity index is 2.38. The van der Waals surface area contributed by atoms with E-state index in [1.807, 2.05) is 17.6 Å². The maximum atomic E-state index is 9.62. The third-order valence-corrected chi connectivity index (χ3v) is 2.62. The Bertz CT molecular complexity index is 489. The van der Waals surface area contributed by atoms with Gasteiger partial charge in [0.1, 0.15) is 23.4 Å². The molecule has 0 aliphatic rings. The van der Waals surface area contributed by atoms with E-state index in [1.54, 1.807) is 19.3 Å². The molecule has 0 aromatic carbocycles. The molecule has 2 heterocycles. The predicted octanol–water partition coefficient (Wildman–Crippen LogP) is 0.781.